The van der Waals surface area contributed by atoms with Gasteiger partial charge < -0.3 is 9.64 Å². The summed E-state index contributed by atoms with van der Waals surface area (Å²) in [5, 5.41) is 0.682. The fraction of sp³-hybridized carbons (Fsp3) is 0.333. The maximum Gasteiger partial charge on any atom is 0.260 e. The number of benzene rings is 1. The molecule has 1 aromatic carbocycles. The highest BCUT2D eigenvalue weighted by Crippen LogP contribution is 2.22. The summed E-state index contributed by atoms with van der Waals surface area (Å²) in [5.74, 6) is 0.550. The number of halogens is 1. The van der Waals surface area contributed by atoms with Gasteiger partial charge in [-0.3, -0.25) is 9.20 Å². The predicted molar refractivity (Wildman–Crippen MR) is 101 cm³/mol. The molecule has 0 aliphatic rings. The maximum atomic E-state index is 12.4. The van der Waals surface area contributed by atoms with Gasteiger partial charge in [-0.05, 0) is 44.5 Å². The molecule has 2 aromatic heterocycles. The molecule has 132 valence electrons. The van der Waals surface area contributed by atoms with Crippen LogP contribution in [0.3, 0.4) is 0 Å². The van der Waals surface area contributed by atoms with Crippen molar-refractivity contribution in [2.45, 2.75) is 27.3 Å². The molecule has 0 aliphatic carbocycles. The Morgan fingerprint density at radius 1 is 1.36 bits per heavy atom. The third-order valence-electron chi connectivity index (χ3n) is 4.05. The van der Waals surface area contributed by atoms with Crippen molar-refractivity contribution < 1.29 is 9.53 Å². The number of ether oxygens (including phenoxy) is 1. The molecule has 25 heavy (non-hydrogen) atoms. The minimum Gasteiger partial charge on any atom is -0.484 e. The van der Waals surface area contributed by atoms with Crippen molar-refractivity contribution in [2.75, 3.05) is 13.7 Å². The Labute approximate surface area is 155 Å². The summed E-state index contributed by atoms with van der Waals surface area (Å²) in [6.07, 6.45) is 2.06. The Morgan fingerprint density at radius 3 is 2.84 bits per heavy atom. The second-order valence-corrected chi connectivity index (χ2v) is 7.71. The van der Waals surface area contributed by atoms with E-state index in [4.69, 9.17) is 16.3 Å². The average Bonchev–Trinajstić information content (AvgIpc) is 3.04. The maximum absolute atomic E-state index is 12.4. The van der Waals surface area contributed by atoms with E-state index in [1.165, 1.54) is 4.88 Å². The standard InChI is InChI=1S/C18H20ClN3O2S/c1-11-7-14(5-6-15(11)19)24-10-17(23)21(4)9-16-13(3)20-18-22(16)8-12(2)25-18/h5-8H,9-10H2,1-4H3. The van der Waals surface area contributed by atoms with Crippen LogP contribution in [0.1, 0.15) is 21.8 Å². The van der Waals surface area contributed by atoms with E-state index in [1.807, 2.05) is 19.9 Å². The largest absolute Gasteiger partial charge is 0.484 e. The van der Waals surface area contributed by atoms with Gasteiger partial charge in [-0.2, -0.15) is 0 Å². The molecule has 2 heterocycles. The lowest BCUT2D eigenvalue weighted by Gasteiger charge is -2.17. The van der Waals surface area contributed by atoms with Gasteiger partial charge in [0, 0.05) is 23.1 Å². The Bertz CT molecular complexity index is 932. The number of aromatic nitrogens is 2. The Hall–Kier alpha value is -2.05. The van der Waals surface area contributed by atoms with Crippen LogP contribution in [0.25, 0.3) is 4.96 Å². The Balaban J connectivity index is 1.65. The van der Waals surface area contributed by atoms with Crippen LogP contribution in [-0.2, 0) is 11.3 Å². The molecule has 0 radical (unpaired) electrons. The molecular weight excluding hydrogens is 358 g/mol. The monoisotopic (exact) mass is 377 g/mol. The molecule has 3 aromatic rings. The van der Waals surface area contributed by atoms with Gasteiger partial charge in [-0.25, -0.2) is 4.98 Å². The number of thiazole rings is 1. The molecule has 7 heteroatoms. The summed E-state index contributed by atoms with van der Waals surface area (Å²) in [6.45, 7) is 6.40. The average molecular weight is 378 g/mol. The summed E-state index contributed by atoms with van der Waals surface area (Å²) in [6, 6.07) is 5.36. The van der Waals surface area contributed by atoms with E-state index in [2.05, 4.69) is 22.5 Å². The van der Waals surface area contributed by atoms with Gasteiger partial charge in [0.15, 0.2) is 11.6 Å². The molecule has 0 saturated carbocycles. The molecule has 0 fully saturated rings. The van der Waals surface area contributed by atoms with Crippen LogP contribution in [0.15, 0.2) is 24.4 Å². The zero-order valence-corrected chi connectivity index (χ0v) is 16.2. The van der Waals surface area contributed by atoms with Crippen LogP contribution in [0, 0.1) is 20.8 Å². The second kappa shape index (κ2) is 7.06. The lowest BCUT2D eigenvalue weighted by Crippen LogP contribution is -2.31. The van der Waals surface area contributed by atoms with Gasteiger partial charge in [0.25, 0.3) is 5.91 Å². The third kappa shape index (κ3) is 3.80. The predicted octanol–water partition coefficient (Wildman–Crippen LogP) is 4.01. The minimum atomic E-state index is -0.0890. The van der Waals surface area contributed by atoms with Crippen molar-refractivity contribution in [1.29, 1.82) is 0 Å². The molecule has 0 aliphatic heterocycles. The van der Waals surface area contributed by atoms with Gasteiger partial charge in [0.05, 0.1) is 17.9 Å². The van der Waals surface area contributed by atoms with E-state index in [0.29, 0.717) is 17.3 Å². The summed E-state index contributed by atoms with van der Waals surface area (Å²) < 4.78 is 7.65. The van der Waals surface area contributed by atoms with E-state index in [1.54, 1.807) is 35.4 Å². The number of imidazole rings is 1. The van der Waals surface area contributed by atoms with Crippen molar-refractivity contribution in [3.8, 4) is 5.75 Å². The number of nitrogens with zero attached hydrogens (tertiary/aromatic N) is 3. The van der Waals surface area contributed by atoms with E-state index in [9.17, 15) is 4.79 Å². The smallest absolute Gasteiger partial charge is 0.260 e. The fourth-order valence-electron chi connectivity index (χ4n) is 2.57. The minimum absolute atomic E-state index is 0.0127. The second-order valence-electron chi connectivity index (χ2n) is 6.09. The molecule has 5 nitrogen and oxygen atoms in total. The number of carbonyl (C=O) groups is 1. The number of likely N-dealkylation sites (N-methyl/N-ethyl adjacent to an activating group) is 1. The van der Waals surface area contributed by atoms with Crippen molar-refractivity contribution in [3.05, 3.63) is 51.2 Å². The molecule has 0 atom stereocenters. The normalized spacial score (nSPS) is 11.1. The lowest BCUT2D eigenvalue weighted by molar-refractivity contribution is -0.132. The Morgan fingerprint density at radius 2 is 2.12 bits per heavy atom. The summed E-state index contributed by atoms with van der Waals surface area (Å²) in [7, 11) is 1.77. The van der Waals surface area contributed by atoms with Gasteiger partial charge in [-0.1, -0.05) is 11.6 Å². The van der Waals surface area contributed by atoms with Crippen molar-refractivity contribution in [2.24, 2.45) is 0 Å². The van der Waals surface area contributed by atoms with Crippen LogP contribution in [0.2, 0.25) is 5.02 Å². The van der Waals surface area contributed by atoms with Gasteiger partial charge in [-0.15, -0.1) is 11.3 Å². The quantitative estimate of drug-likeness (QED) is 0.674. The topological polar surface area (TPSA) is 46.8 Å². The summed E-state index contributed by atoms with van der Waals surface area (Å²) in [4.78, 5) is 20.8. The van der Waals surface area contributed by atoms with Crippen LogP contribution >= 0.6 is 22.9 Å². The summed E-state index contributed by atoms with van der Waals surface area (Å²) >= 11 is 7.64. The third-order valence-corrected chi connectivity index (χ3v) is 5.37. The van der Waals surface area contributed by atoms with Crippen molar-refractivity contribution >= 4 is 33.8 Å². The summed E-state index contributed by atoms with van der Waals surface area (Å²) in [5.41, 5.74) is 2.89. The highest BCUT2D eigenvalue weighted by atomic mass is 35.5. The molecular formula is C18H20ClN3O2S. The highest BCUT2D eigenvalue weighted by molar-refractivity contribution is 7.17. The fourth-order valence-corrected chi connectivity index (χ4v) is 3.58. The van der Waals surface area contributed by atoms with Crippen LogP contribution in [-0.4, -0.2) is 33.8 Å². The number of rotatable bonds is 5. The number of carbonyl (C=O) groups excluding carboxylic acids is 1. The van der Waals surface area contributed by atoms with Gasteiger partial charge >= 0.3 is 0 Å². The van der Waals surface area contributed by atoms with Crippen LogP contribution in [0.4, 0.5) is 0 Å². The van der Waals surface area contributed by atoms with Crippen LogP contribution in [0.5, 0.6) is 5.75 Å². The van der Waals surface area contributed by atoms with E-state index < -0.39 is 0 Å². The van der Waals surface area contributed by atoms with Gasteiger partial charge in [0.1, 0.15) is 5.75 Å². The molecule has 3 rings (SSSR count). The molecule has 0 saturated heterocycles. The van der Waals surface area contributed by atoms with Gasteiger partial charge in [0.2, 0.25) is 0 Å². The van der Waals surface area contributed by atoms with E-state index in [-0.39, 0.29) is 12.5 Å². The van der Waals surface area contributed by atoms with E-state index >= 15 is 0 Å². The molecule has 0 N–H and O–H groups in total. The molecule has 0 spiro atoms. The first-order chi connectivity index (χ1) is 11.8. The number of hydrogen-bond acceptors (Lipinski definition) is 4. The van der Waals surface area contributed by atoms with Crippen molar-refractivity contribution in [3.63, 3.8) is 0 Å². The zero-order valence-electron chi connectivity index (χ0n) is 14.7. The number of amides is 1. The first-order valence-corrected chi connectivity index (χ1v) is 9.11. The highest BCUT2D eigenvalue weighted by Gasteiger charge is 2.16. The zero-order chi connectivity index (χ0) is 18.1. The lowest BCUT2D eigenvalue weighted by atomic mass is 10.2. The first kappa shape index (κ1) is 17.8. The first-order valence-electron chi connectivity index (χ1n) is 7.92. The molecule has 0 unspecified atom stereocenters. The molecule has 1 amide bonds. The number of hydrogen-bond donors (Lipinski definition) is 0. The number of fused-ring (bicyclic) bond motifs is 1. The Kier molecular flexibility index (Phi) is 5.01. The SMILES string of the molecule is Cc1cn2c(CN(C)C(=O)COc3ccc(Cl)c(C)c3)c(C)nc2s1. The molecule has 0 bridgehead atoms. The number of aryl methyl sites for hydroxylation is 3. The van der Waals surface area contributed by atoms with Crippen molar-refractivity contribution in [1.82, 2.24) is 14.3 Å². The van der Waals surface area contributed by atoms with Crippen LogP contribution < -0.4 is 4.74 Å². The van der Waals surface area contributed by atoms with E-state index in [0.717, 1.165) is 21.9 Å².